The molecular weight excluding hydrogens is 316 g/mol. The van der Waals surface area contributed by atoms with E-state index in [0.29, 0.717) is 0 Å². The van der Waals surface area contributed by atoms with Crippen LogP contribution in [0.3, 0.4) is 0 Å². The van der Waals surface area contributed by atoms with Gasteiger partial charge in [-0.05, 0) is 30.0 Å². The molecule has 0 bridgehead atoms. The van der Waals surface area contributed by atoms with Crippen LogP contribution in [0.2, 0.25) is 0 Å². The molecule has 5 nitrogen and oxygen atoms in total. The van der Waals surface area contributed by atoms with E-state index >= 15 is 0 Å². The van der Waals surface area contributed by atoms with E-state index in [1.54, 1.807) is 6.07 Å². The molecule has 0 aliphatic heterocycles. The molecule has 1 aliphatic rings. The fourth-order valence-electron chi connectivity index (χ4n) is 3.44. The molecule has 0 aromatic heterocycles. The molecule has 0 spiro atoms. The van der Waals surface area contributed by atoms with Gasteiger partial charge < -0.3 is 4.74 Å². The van der Waals surface area contributed by atoms with Crippen LogP contribution in [0.5, 0.6) is 5.75 Å². The average molecular weight is 336 g/mol. The summed E-state index contributed by atoms with van der Waals surface area (Å²) in [4.78, 5) is 11.1. The Balaban J connectivity index is 1.88. The Morgan fingerprint density at radius 2 is 1.84 bits per heavy atom. The largest absolute Gasteiger partial charge is 0.482 e. The third kappa shape index (κ3) is 3.63. The van der Waals surface area contributed by atoms with Gasteiger partial charge in [0.25, 0.3) is 0 Å². The van der Waals surface area contributed by atoms with Gasteiger partial charge in [-0.15, -0.1) is 0 Å². The van der Waals surface area contributed by atoms with Gasteiger partial charge in [0.15, 0.2) is 5.75 Å². The third-order valence-electron chi connectivity index (χ3n) is 4.87. The predicted octanol–water partition coefficient (Wildman–Crippen LogP) is 4.90. The summed E-state index contributed by atoms with van der Waals surface area (Å²) < 4.78 is 5.67. The van der Waals surface area contributed by atoms with Crippen LogP contribution in [-0.2, 0) is 12.0 Å². The highest BCUT2D eigenvalue weighted by Crippen LogP contribution is 2.41. The number of benzene rings is 2. The van der Waals surface area contributed by atoms with E-state index in [9.17, 15) is 15.4 Å². The molecular formula is C20H20N2O3. The maximum atomic E-state index is 11.5. The lowest BCUT2D eigenvalue weighted by atomic mass is 9.70. The van der Waals surface area contributed by atoms with E-state index in [1.807, 2.05) is 36.4 Å². The fourth-order valence-corrected chi connectivity index (χ4v) is 3.44. The first-order chi connectivity index (χ1) is 12.1. The molecule has 128 valence electrons. The summed E-state index contributed by atoms with van der Waals surface area (Å²) in [6.45, 7) is 0.268. The zero-order chi connectivity index (χ0) is 17.7. The van der Waals surface area contributed by atoms with Crippen LogP contribution in [0.1, 0.15) is 43.2 Å². The Labute approximate surface area is 147 Å². The van der Waals surface area contributed by atoms with Crippen molar-refractivity contribution in [3.05, 3.63) is 69.8 Å². The van der Waals surface area contributed by atoms with Crippen LogP contribution >= 0.6 is 0 Å². The van der Waals surface area contributed by atoms with Gasteiger partial charge in [-0.1, -0.05) is 55.7 Å². The number of nitro benzene ring substituents is 1. The van der Waals surface area contributed by atoms with Crippen molar-refractivity contribution < 1.29 is 9.66 Å². The second-order valence-electron chi connectivity index (χ2n) is 6.47. The molecule has 2 aromatic rings. The summed E-state index contributed by atoms with van der Waals surface area (Å²) in [7, 11) is 0. The van der Waals surface area contributed by atoms with Crippen LogP contribution in [-0.4, -0.2) is 4.92 Å². The number of nitro groups is 1. The number of rotatable bonds is 5. The fraction of sp³-hybridized carbons (Fsp3) is 0.350. The number of hydrogen-bond acceptors (Lipinski definition) is 4. The van der Waals surface area contributed by atoms with Gasteiger partial charge in [0.05, 0.1) is 16.4 Å². The number of ether oxygens (including phenoxy) is 1. The monoisotopic (exact) mass is 336 g/mol. The SMILES string of the molecule is N#CC1(c2ccc(OCc3ccccc3)c([N+](=O)[O-])c2)CCCCC1. The summed E-state index contributed by atoms with van der Waals surface area (Å²) in [6.07, 6.45) is 4.58. The van der Waals surface area contributed by atoms with Crippen molar-refractivity contribution in [1.29, 1.82) is 5.26 Å². The first-order valence-corrected chi connectivity index (χ1v) is 8.51. The topological polar surface area (TPSA) is 76.2 Å². The normalized spacial score (nSPS) is 16.0. The van der Waals surface area contributed by atoms with Crippen LogP contribution in [0.4, 0.5) is 5.69 Å². The Kier molecular flexibility index (Phi) is 4.99. The lowest BCUT2D eigenvalue weighted by molar-refractivity contribution is -0.386. The molecule has 5 heteroatoms. The van der Waals surface area contributed by atoms with E-state index < -0.39 is 10.3 Å². The summed E-state index contributed by atoms with van der Waals surface area (Å²) in [5, 5.41) is 21.2. The van der Waals surface area contributed by atoms with Gasteiger partial charge in [0, 0.05) is 6.07 Å². The van der Waals surface area contributed by atoms with Gasteiger partial charge >= 0.3 is 5.69 Å². The number of hydrogen-bond donors (Lipinski definition) is 0. The van der Waals surface area contributed by atoms with Gasteiger partial charge in [-0.25, -0.2) is 0 Å². The predicted molar refractivity (Wildman–Crippen MR) is 94.2 cm³/mol. The van der Waals surface area contributed by atoms with E-state index in [4.69, 9.17) is 4.74 Å². The standard InChI is InChI=1S/C20H20N2O3/c21-15-20(11-5-2-6-12-20)17-9-10-19(18(13-17)22(23)24)25-14-16-7-3-1-4-8-16/h1,3-4,7-10,13H,2,5-6,11-12,14H2. The number of nitriles is 1. The van der Waals surface area contributed by atoms with E-state index in [0.717, 1.165) is 43.2 Å². The Hall–Kier alpha value is -2.87. The Morgan fingerprint density at radius 3 is 2.48 bits per heavy atom. The minimum absolute atomic E-state index is 0.0753. The molecule has 3 rings (SSSR count). The third-order valence-corrected chi connectivity index (χ3v) is 4.87. The molecule has 1 fully saturated rings. The van der Waals surface area contributed by atoms with Crippen molar-refractivity contribution in [2.75, 3.05) is 0 Å². The Bertz CT molecular complexity index is 790. The quantitative estimate of drug-likeness (QED) is 0.575. The smallest absolute Gasteiger partial charge is 0.311 e. The van der Waals surface area contributed by atoms with Crippen LogP contribution in [0, 0.1) is 21.4 Å². The summed E-state index contributed by atoms with van der Waals surface area (Å²) in [6, 6.07) is 16.9. The molecule has 2 aromatic carbocycles. The highest BCUT2D eigenvalue weighted by Gasteiger charge is 2.35. The molecule has 0 saturated heterocycles. The first-order valence-electron chi connectivity index (χ1n) is 8.51. The van der Waals surface area contributed by atoms with Crippen LogP contribution in [0.25, 0.3) is 0 Å². The van der Waals surface area contributed by atoms with E-state index in [2.05, 4.69) is 6.07 Å². The summed E-state index contributed by atoms with van der Waals surface area (Å²) >= 11 is 0. The lowest BCUT2D eigenvalue weighted by Gasteiger charge is -2.31. The van der Waals surface area contributed by atoms with Crippen molar-refractivity contribution in [1.82, 2.24) is 0 Å². The second kappa shape index (κ2) is 7.35. The molecule has 0 heterocycles. The Morgan fingerprint density at radius 1 is 1.12 bits per heavy atom. The van der Waals surface area contributed by atoms with Crippen molar-refractivity contribution in [3.8, 4) is 11.8 Å². The van der Waals surface area contributed by atoms with Gasteiger partial charge in [0.1, 0.15) is 6.61 Å². The minimum Gasteiger partial charge on any atom is -0.482 e. The van der Waals surface area contributed by atoms with E-state index in [-0.39, 0.29) is 18.0 Å². The molecule has 25 heavy (non-hydrogen) atoms. The average Bonchev–Trinajstić information content (AvgIpc) is 2.67. The van der Waals surface area contributed by atoms with Gasteiger partial charge in [0.2, 0.25) is 0 Å². The zero-order valence-corrected chi connectivity index (χ0v) is 14.0. The van der Waals surface area contributed by atoms with Gasteiger partial charge in [-0.2, -0.15) is 5.26 Å². The molecule has 0 N–H and O–H groups in total. The molecule has 0 amide bonds. The van der Waals surface area contributed by atoms with Crippen molar-refractivity contribution in [2.45, 2.75) is 44.1 Å². The lowest BCUT2D eigenvalue weighted by Crippen LogP contribution is -2.27. The van der Waals surface area contributed by atoms with Crippen molar-refractivity contribution in [2.24, 2.45) is 0 Å². The highest BCUT2D eigenvalue weighted by molar-refractivity contribution is 5.52. The van der Waals surface area contributed by atoms with Crippen LogP contribution < -0.4 is 4.74 Å². The zero-order valence-electron chi connectivity index (χ0n) is 14.0. The minimum atomic E-state index is -0.610. The van der Waals surface area contributed by atoms with E-state index in [1.165, 1.54) is 6.07 Å². The molecule has 1 aliphatic carbocycles. The highest BCUT2D eigenvalue weighted by atomic mass is 16.6. The summed E-state index contributed by atoms with van der Waals surface area (Å²) in [5.74, 6) is 0.238. The van der Waals surface area contributed by atoms with Crippen molar-refractivity contribution in [3.63, 3.8) is 0 Å². The maximum absolute atomic E-state index is 11.5. The molecule has 0 atom stereocenters. The van der Waals surface area contributed by atoms with Gasteiger partial charge in [-0.3, -0.25) is 10.1 Å². The van der Waals surface area contributed by atoms with Crippen LogP contribution in [0.15, 0.2) is 48.5 Å². The molecule has 1 saturated carbocycles. The first kappa shape index (κ1) is 17.0. The molecule has 0 unspecified atom stereocenters. The summed E-state index contributed by atoms with van der Waals surface area (Å²) in [5.41, 5.74) is 0.991. The maximum Gasteiger partial charge on any atom is 0.311 e. The number of nitrogens with zero attached hydrogens (tertiary/aromatic N) is 2. The second-order valence-corrected chi connectivity index (χ2v) is 6.47. The molecule has 0 radical (unpaired) electrons. The van der Waals surface area contributed by atoms with Crippen molar-refractivity contribution >= 4 is 5.69 Å².